The van der Waals surface area contributed by atoms with Gasteiger partial charge in [0.1, 0.15) is 0 Å². The van der Waals surface area contributed by atoms with E-state index in [1.807, 2.05) is 59.0 Å². The van der Waals surface area contributed by atoms with E-state index in [1.54, 1.807) is 0 Å². The van der Waals surface area contributed by atoms with Gasteiger partial charge in [0, 0.05) is 35.3 Å². The van der Waals surface area contributed by atoms with Crippen molar-refractivity contribution < 1.29 is 4.79 Å². The smallest absolute Gasteiger partial charge is 0.286 e. The molecule has 5 rings (SSSR count). The molecule has 1 atom stereocenters. The number of thioether (sulfide) groups is 2. The Kier molecular flexibility index (Phi) is 7.97. The summed E-state index contributed by atoms with van der Waals surface area (Å²) in [5.74, 6) is 1.60. The summed E-state index contributed by atoms with van der Waals surface area (Å²) in [5.41, 5.74) is 3.81. The number of unbranched alkanes of at least 4 members (excludes halogenated alkanes) is 1. The monoisotopic (exact) mass is 516 g/mol. The van der Waals surface area contributed by atoms with Crippen molar-refractivity contribution in [1.29, 1.82) is 0 Å². The summed E-state index contributed by atoms with van der Waals surface area (Å²) >= 11 is 3.38. The molecule has 0 bridgehead atoms. The maximum Gasteiger partial charge on any atom is 0.286 e. The lowest BCUT2D eigenvalue weighted by molar-refractivity contribution is -0.113. The zero-order valence-corrected chi connectivity index (χ0v) is 22.5. The summed E-state index contributed by atoms with van der Waals surface area (Å²) in [4.78, 5) is 21.5. The molecule has 1 aromatic heterocycles. The summed E-state index contributed by atoms with van der Waals surface area (Å²) in [6.45, 7) is 6.42. The number of hydrogen-bond acceptors (Lipinski definition) is 5. The third-order valence-corrected chi connectivity index (χ3v) is 8.62. The summed E-state index contributed by atoms with van der Waals surface area (Å²) in [6.07, 6.45) is 8.79. The number of piperidine rings is 1. The molecule has 1 amide bonds. The van der Waals surface area contributed by atoms with Crippen LogP contribution in [0.15, 0.2) is 75.6 Å². The fraction of sp³-hybridized carbons (Fsp3) is 0.345. The standard InChI is InChI=1S/C29H32N4OS2/c1-3-4-17-35-25-14-12-22(13-15-25)27-23(20-33(31-27)24-10-6-5-7-11-24)18-26-28(34)30-29(36-26)32-16-8-9-21(2)19-32/h5-7,10-15,18,20-21H,3-4,8-9,16-17,19H2,1-2H3. The molecule has 0 saturated carbocycles. The van der Waals surface area contributed by atoms with Crippen molar-refractivity contribution in [1.82, 2.24) is 14.7 Å². The normalized spacial score (nSPS) is 19.2. The van der Waals surface area contributed by atoms with E-state index < -0.39 is 0 Å². The first kappa shape index (κ1) is 24.9. The molecule has 1 unspecified atom stereocenters. The lowest BCUT2D eigenvalue weighted by atomic mass is 10.0. The molecule has 2 aromatic carbocycles. The third-order valence-electron chi connectivity index (χ3n) is 6.48. The van der Waals surface area contributed by atoms with Crippen LogP contribution in [0.4, 0.5) is 0 Å². The molecule has 36 heavy (non-hydrogen) atoms. The van der Waals surface area contributed by atoms with Crippen molar-refractivity contribution in [2.75, 3.05) is 18.8 Å². The SMILES string of the molecule is CCCCSc1ccc(-c2nn(-c3ccccc3)cc2C=C2SC(N3CCCC(C)C3)=NC2=O)cc1. The average Bonchev–Trinajstić information content (AvgIpc) is 3.49. The highest BCUT2D eigenvalue weighted by Crippen LogP contribution is 2.35. The fourth-order valence-electron chi connectivity index (χ4n) is 4.51. The van der Waals surface area contributed by atoms with Crippen LogP contribution in [-0.2, 0) is 4.79 Å². The largest absolute Gasteiger partial charge is 0.351 e. The van der Waals surface area contributed by atoms with Gasteiger partial charge >= 0.3 is 0 Å². The molecule has 0 aliphatic carbocycles. The number of benzene rings is 2. The molecule has 186 valence electrons. The fourth-order valence-corrected chi connectivity index (χ4v) is 6.45. The molecule has 3 heterocycles. The number of carbonyl (C=O) groups is 1. The van der Waals surface area contributed by atoms with E-state index in [9.17, 15) is 4.79 Å². The molecule has 1 fully saturated rings. The van der Waals surface area contributed by atoms with Crippen molar-refractivity contribution >= 4 is 40.7 Å². The number of hydrogen-bond donors (Lipinski definition) is 0. The molecule has 0 spiro atoms. The van der Waals surface area contributed by atoms with Crippen LogP contribution in [-0.4, -0.2) is 44.6 Å². The number of aliphatic imine (C=N–C) groups is 1. The number of carbonyl (C=O) groups excluding carboxylic acids is 1. The minimum atomic E-state index is -0.158. The lowest BCUT2D eigenvalue weighted by Gasteiger charge is -2.31. The maximum absolute atomic E-state index is 12.9. The molecule has 3 aromatic rings. The van der Waals surface area contributed by atoms with E-state index in [0.29, 0.717) is 10.8 Å². The third kappa shape index (κ3) is 5.79. The number of amidine groups is 1. The zero-order valence-electron chi connectivity index (χ0n) is 20.9. The Morgan fingerprint density at radius 3 is 2.69 bits per heavy atom. The van der Waals surface area contributed by atoms with Crippen LogP contribution < -0.4 is 0 Å². The van der Waals surface area contributed by atoms with Gasteiger partial charge in [-0.05, 0) is 73.0 Å². The Morgan fingerprint density at radius 1 is 1.14 bits per heavy atom. The summed E-state index contributed by atoms with van der Waals surface area (Å²) in [6, 6.07) is 18.7. The highest BCUT2D eigenvalue weighted by molar-refractivity contribution is 8.18. The second kappa shape index (κ2) is 11.5. The van der Waals surface area contributed by atoms with Crippen LogP contribution in [0.1, 0.15) is 45.1 Å². The van der Waals surface area contributed by atoms with Crippen LogP contribution in [0, 0.1) is 5.92 Å². The average molecular weight is 517 g/mol. The van der Waals surface area contributed by atoms with Crippen LogP contribution in [0.3, 0.4) is 0 Å². The maximum atomic E-state index is 12.9. The van der Waals surface area contributed by atoms with Gasteiger partial charge in [-0.1, -0.05) is 50.6 Å². The van der Waals surface area contributed by atoms with Gasteiger partial charge in [0.15, 0.2) is 5.17 Å². The lowest BCUT2D eigenvalue weighted by Crippen LogP contribution is -2.37. The molecule has 2 aliphatic heterocycles. The van der Waals surface area contributed by atoms with Crippen LogP contribution in [0.5, 0.6) is 0 Å². The molecular weight excluding hydrogens is 484 g/mol. The van der Waals surface area contributed by atoms with Crippen molar-refractivity contribution in [3.63, 3.8) is 0 Å². The second-order valence-electron chi connectivity index (χ2n) is 9.44. The van der Waals surface area contributed by atoms with Gasteiger partial charge in [0.2, 0.25) is 0 Å². The van der Waals surface area contributed by atoms with Crippen molar-refractivity contribution in [3.8, 4) is 16.9 Å². The predicted molar refractivity (Wildman–Crippen MR) is 153 cm³/mol. The van der Waals surface area contributed by atoms with E-state index in [0.717, 1.165) is 52.9 Å². The minimum Gasteiger partial charge on any atom is -0.351 e. The Morgan fingerprint density at radius 2 is 1.94 bits per heavy atom. The molecule has 1 saturated heterocycles. The number of aromatic nitrogens is 2. The summed E-state index contributed by atoms with van der Waals surface area (Å²) in [7, 11) is 0. The van der Waals surface area contributed by atoms with Crippen molar-refractivity contribution in [2.24, 2.45) is 10.9 Å². The summed E-state index contributed by atoms with van der Waals surface area (Å²) < 4.78 is 1.89. The van der Waals surface area contributed by atoms with Gasteiger partial charge in [-0.3, -0.25) is 4.79 Å². The van der Waals surface area contributed by atoms with E-state index >= 15 is 0 Å². The number of amides is 1. The molecule has 0 radical (unpaired) electrons. The first-order valence-electron chi connectivity index (χ1n) is 12.8. The van der Waals surface area contributed by atoms with Crippen LogP contribution >= 0.6 is 23.5 Å². The zero-order chi connectivity index (χ0) is 24.9. The highest BCUT2D eigenvalue weighted by Gasteiger charge is 2.29. The highest BCUT2D eigenvalue weighted by atomic mass is 32.2. The topological polar surface area (TPSA) is 50.5 Å². The number of nitrogens with zero attached hydrogens (tertiary/aromatic N) is 4. The number of likely N-dealkylation sites (tertiary alicyclic amines) is 1. The summed E-state index contributed by atoms with van der Waals surface area (Å²) in [5, 5.41) is 5.77. The molecule has 2 aliphatic rings. The van der Waals surface area contributed by atoms with Crippen molar-refractivity contribution in [2.45, 2.75) is 44.4 Å². The van der Waals surface area contributed by atoms with Gasteiger partial charge in [0.25, 0.3) is 5.91 Å². The van der Waals surface area contributed by atoms with Crippen LogP contribution in [0.2, 0.25) is 0 Å². The number of rotatable bonds is 7. The first-order valence-corrected chi connectivity index (χ1v) is 14.6. The molecule has 0 N–H and O–H groups in total. The minimum absolute atomic E-state index is 0.158. The Bertz CT molecular complexity index is 1260. The molecular formula is C29H32N4OS2. The van der Waals surface area contributed by atoms with Gasteiger partial charge in [-0.25, -0.2) is 4.68 Å². The Hall–Kier alpha value is -2.77. The van der Waals surface area contributed by atoms with E-state index in [1.165, 1.54) is 35.9 Å². The number of para-hydroxylation sites is 1. The van der Waals surface area contributed by atoms with Gasteiger partial charge in [0.05, 0.1) is 16.3 Å². The van der Waals surface area contributed by atoms with Crippen LogP contribution in [0.25, 0.3) is 23.0 Å². The predicted octanol–water partition coefficient (Wildman–Crippen LogP) is 7.13. The Balaban J connectivity index is 1.44. The van der Waals surface area contributed by atoms with Gasteiger partial charge < -0.3 is 4.90 Å². The quantitative estimate of drug-likeness (QED) is 0.190. The van der Waals surface area contributed by atoms with E-state index in [4.69, 9.17) is 5.10 Å². The van der Waals surface area contributed by atoms with Gasteiger partial charge in [-0.15, -0.1) is 11.8 Å². The molecule has 5 nitrogen and oxygen atoms in total. The van der Waals surface area contributed by atoms with E-state index in [2.05, 4.69) is 48.0 Å². The van der Waals surface area contributed by atoms with Crippen molar-refractivity contribution in [3.05, 3.63) is 71.3 Å². The first-order chi connectivity index (χ1) is 17.6. The van der Waals surface area contributed by atoms with E-state index in [-0.39, 0.29) is 5.91 Å². The second-order valence-corrected chi connectivity index (χ2v) is 11.6. The van der Waals surface area contributed by atoms with Gasteiger partial charge in [-0.2, -0.15) is 10.1 Å². The molecule has 7 heteroatoms. The Labute approximate surface area is 222 Å².